The smallest absolute Gasteiger partial charge is 0.310 e. The molecule has 2 nitrogen and oxygen atoms in total. The highest BCUT2D eigenvalue weighted by atomic mass is 16.5. The highest BCUT2D eigenvalue weighted by Crippen LogP contribution is 2.17. The van der Waals surface area contributed by atoms with E-state index in [1.165, 1.54) is 0 Å². The lowest BCUT2D eigenvalue weighted by atomic mass is 9.98. The van der Waals surface area contributed by atoms with Crippen molar-refractivity contribution >= 4 is 5.97 Å². The van der Waals surface area contributed by atoms with Gasteiger partial charge >= 0.3 is 5.97 Å². The zero-order valence-corrected chi connectivity index (χ0v) is 12.6. The summed E-state index contributed by atoms with van der Waals surface area (Å²) in [7, 11) is 0. The Morgan fingerprint density at radius 2 is 1.53 bits per heavy atom. The van der Waals surface area contributed by atoms with Crippen molar-refractivity contribution in [2.45, 2.75) is 53.1 Å². The number of benzene rings is 1. The van der Waals surface area contributed by atoms with E-state index in [2.05, 4.69) is 27.7 Å². The van der Waals surface area contributed by atoms with E-state index in [-0.39, 0.29) is 12.1 Å². The van der Waals surface area contributed by atoms with Crippen LogP contribution in [0.25, 0.3) is 0 Å². The summed E-state index contributed by atoms with van der Waals surface area (Å²) in [6, 6.07) is 9.77. The van der Waals surface area contributed by atoms with Crippen molar-refractivity contribution in [1.82, 2.24) is 0 Å². The molecule has 19 heavy (non-hydrogen) atoms. The molecule has 2 heteroatoms. The van der Waals surface area contributed by atoms with E-state index in [4.69, 9.17) is 4.74 Å². The number of hydrogen-bond acceptors (Lipinski definition) is 2. The Bertz CT molecular complexity index is 358. The SMILES string of the molecule is CC(C)CC(CC(C)C)OC(=O)Cc1ccccc1. The van der Waals surface area contributed by atoms with Gasteiger partial charge in [-0.05, 0) is 30.2 Å². The molecule has 1 rings (SSSR count). The predicted octanol–water partition coefficient (Wildman–Crippen LogP) is 4.23. The maximum Gasteiger partial charge on any atom is 0.310 e. The summed E-state index contributed by atoms with van der Waals surface area (Å²) >= 11 is 0. The average molecular weight is 262 g/mol. The number of hydrogen-bond donors (Lipinski definition) is 0. The fourth-order valence-electron chi connectivity index (χ4n) is 2.23. The Morgan fingerprint density at radius 1 is 1.00 bits per heavy atom. The number of rotatable bonds is 7. The van der Waals surface area contributed by atoms with Crippen LogP contribution in [0.15, 0.2) is 30.3 Å². The lowest BCUT2D eigenvalue weighted by Gasteiger charge is -2.21. The second-order valence-electron chi connectivity index (χ2n) is 6.03. The van der Waals surface area contributed by atoms with E-state index >= 15 is 0 Å². The Balaban J connectivity index is 2.50. The number of ether oxygens (including phenoxy) is 1. The van der Waals surface area contributed by atoms with E-state index in [0.29, 0.717) is 18.3 Å². The number of carbonyl (C=O) groups is 1. The van der Waals surface area contributed by atoms with Gasteiger partial charge in [-0.2, -0.15) is 0 Å². The second kappa shape index (κ2) is 7.98. The first-order valence-electron chi connectivity index (χ1n) is 7.20. The molecule has 0 spiro atoms. The summed E-state index contributed by atoms with van der Waals surface area (Å²) in [5.74, 6) is 0.985. The van der Waals surface area contributed by atoms with E-state index < -0.39 is 0 Å². The zero-order chi connectivity index (χ0) is 14.3. The topological polar surface area (TPSA) is 26.3 Å². The highest BCUT2D eigenvalue weighted by molar-refractivity contribution is 5.72. The summed E-state index contributed by atoms with van der Waals surface area (Å²) in [5.41, 5.74) is 1.01. The summed E-state index contributed by atoms with van der Waals surface area (Å²) < 4.78 is 5.64. The molecule has 0 unspecified atom stereocenters. The van der Waals surface area contributed by atoms with Gasteiger partial charge in [0.25, 0.3) is 0 Å². The number of carbonyl (C=O) groups excluding carboxylic acids is 1. The molecule has 0 radical (unpaired) electrons. The molecule has 0 heterocycles. The molecule has 0 aromatic heterocycles. The van der Waals surface area contributed by atoms with Crippen molar-refractivity contribution in [2.75, 3.05) is 0 Å². The van der Waals surface area contributed by atoms with Crippen LogP contribution in [0, 0.1) is 11.8 Å². The minimum Gasteiger partial charge on any atom is -0.462 e. The molecule has 0 amide bonds. The van der Waals surface area contributed by atoms with E-state index in [0.717, 1.165) is 18.4 Å². The molecule has 0 fully saturated rings. The van der Waals surface area contributed by atoms with Gasteiger partial charge in [0.05, 0.1) is 6.42 Å². The fourth-order valence-corrected chi connectivity index (χ4v) is 2.23. The first-order chi connectivity index (χ1) is 8.97. The quantitative estimate of drug-likeness (QED) is 0.687. The Morgan fingerprint density at radius 3 is 2.00 bits per heavy atom. The van der Waals surface area contributed by atoms with Gasteiger partial charge in [0.15, 0.2) is 0 Å². The predicted molar refractivity (Wildman–Crippen MR) is 78.9 cm³/mol. The monoisotopic (exact) mass is 262 g/mol. The van der Waals surface area contributed by atoms with Gasteiger partial charge in [0.2, 0.25) is 0 Å². The first-order valence-corrected chi connectivity index (χ1v) is 7.20. The largest absolute Gasteiger partial charge is 0.462 e. The molecule has 1 aromatic rings. The fraction of sp³-hybridized carbons (Fsp3) is 0.588. The minimum atomic E-state index is -0.113. The molecule has 0 aliphatic heterocycles. The van der Waals surface area contributed by atoms with Crippen molar-refractivity contribution in [3.8, 4) is 0 Å². The Labute approximate surface area is 117 Å². The van der Waals surface area contributed by atoms with Crippen molar-refractivity contribution in [1.29, 1.82) is 0 Å². The lowest BCUT2D eigenvalue weighted by Crippen LogP contribution is -2.23. The second-order valence-corrected chi connectivity index (χ2v) is 6.03. The van der Waals surface area contributed by atoms with E-state index in [1.54, 1.807) is 0 Å². The van der Waals surface area contributed by atoms with Crippen LogP contribution in [-0.2, 0) is 16.0 Å². The summed E-state index contributed by atoms with van der Waals surface area (Å²) in [6.07, 6.45) is 2.31. The van der Waals surface area contributed by atoms with E-state index in [9.17, 15) is 4.79 Å². The van der Waals surface area contributed by atoms with Crippen LogP contribution in [0.3, 0.4) is 0 Å². The van der Waals surface area contributed by atoms with Crippen molar-refractivity contribution in [3.05, 3.63) is 35.9 Å². The third kappa shape index (κ3) is 7.00. The molecule has 0 atom stereocenters. The molecule has 106 valence electrons. The van der Waals surface area contributed by atoms with Crippen LogP contribution >= 0.6 is 0 Å². The van der Waals surface area contributed by atoms with Gasteiger partial charge in [-0.25, -0.2) is 0 Å². The summed E-state index contributed by atoms with van der Waals surface area (Å²) in [5, 5.41) is 0. The van der Waals surface area contributed by atoms with Crippen LogP contribution in [0.4, 0.5) is 0 Å². The van der Waals surface area contributed by atoms with Gasteiger partial charge in [-0.3, -0.25) is 4.79 Å². The van der Waals surface area contributed by atoms with Gasteiger partial charge in [-0.1, -0.05) is 58.0 Å². The highest BCUT2D eigenvalue weighted by Gasteiger charge is 2.17. The van der Waals surface area contributed by atoms with Gasteiger partial charge in [0.1, 0.15) is 6.10 Å². The van der Waals surface area contributed by atoms with Crippen LogP contribution in [0.1, 0.15) is 46.1 Å². The molecule has 0 saturated heterocycles. The number of esters is 1. The molecule has 0 aliphatic rings. The van der Waals surface area contributed by atoms with Crippen LogP contribution in [-0.4, -0.2) is 12.1 Å². The van der Waals surface area contributed by atoms with Crippen LogP contribution in [0.2, 0.25) is 0 Å². The van der Waals surface area contributed by atoms with Crippen molar-refractivity contribution < 1.29 is 9.53 Å². The summed E-state index contributed by atoms with van der Waals surface area (Å²) in [4.78, 5) is 12.0. The van der Waals surface area contributed by atoms with Gasteiger partial charge in [0, 0.05) is 0 Å². The van der Waals surface area contributed by atoms with Crippen molar-refractivity contribution in [2.24, 2.45) is 11.8 Å². The minimum absolute atomic E-state index is 0.0520. The Kier molecular flexibility index (Phi) is 6.61. The van der Waals surface area contributed by atoms with Gasteiger partial charge < -0.3 is 4.74 Å². The van der Waals surface area contributed by atoms with Crippen molar-refractivity contribution in [3.63, 3.8) is 0 Å². The molecule has 0 N–H and O–H groups in total. The molecule has 0 bridgehead atoms. The third-order valence-electron chi connectivity index (χ3n) is 2.96. The molecule has 1 aromatic carbocycles. The Hall–Kier alpha value is -1.31. The standard InChI is InChI=1S/C17H26O2/c1-13(2)10-16(11-14(3)4)19-17(18)12-15-8-6-5-7-9-15/h5-9,13-14,16H,10-12H2,1-4H3. The molecular weight excluding hydrogens is 236 g/mol. The summed E-state index contributed by atoms with van der Waals surface area (Å²) in [6.45, 7) is 8.66. The molecular formula is C17H26O2. The molecule has 0 saturated carbocycles. The van der Waals surface area contributed by atoms with Crippen LogP contribution < -0.4 is 0 Å². The van der Waals surface area contributed by atoms with Crippen LogP contribution in [0.5, 0.6) is 0 Å². The zero-order valence-electron chi connectivity index (χ0n) is 12.6. The molecule has 0 aliphatic carbocycles. The third-order valence-corrected chi connectivity index (χ3v) is 2.96. The average Bonchev–Trinajstić information content (AvgIpc) is 2.27. The first kappa shape index (κ1) is 15.7. The van der Waals surface area contributed by atoms with E-state index in [1.807, 2.05) is 30.3 Å². The van der Waals surface area contributed by atoms with Gasteiger partial charge in [-0.15, -0.1) is 0 Å². The normalized spacial score (nSPS) is 11.3. The maximum atomic E-state index is 12.0. The maximum absolute atomic E-state index is 12.0. The lowest BCUT2D eigenvalue weighted by molar-refractivity contribution is -0.149.